The van der Waals surface area contributed by atoms with E-state index < -0.39 is 11.7 Å². The minimum absolute atomic E-state index is 0.171. The predicted octanol–water partition coefficient (Wildman–Crippen LogP) is 4.51. The molecule has 3 amide bonds. The average Bonchev–Trinajstić information content (AvgIpc) is 3.33. The third-order valence-electron chi connectivity index (χ3n) is 6.20. The third kappa shape index (κ3) is 6.31. The highest BCUT2D eigenvalue weighted by Gasteiger charge is 2.24. The van der Waals surface area contributed by atoms with E-state index in [2.05, 4.69) is 16.4 Å². The fraction of sp³-hybridized carbons (Fsp3) is 0.481. The topological polar surface area (TPSA) is 101 Å². The van der Waals surface area contributed by atoms with Crippen molar-refractivity contribution in [2.24, 2.45) is 0 Å². The van der Waals surface area contributed by atoms with Crippen molar-refractivity contribution in [1.82, 2.24) is 29.5 Å². The second-order valence-electron chi connectivity index (χ2n) is 10.1. The van der Waals surface area contributed by atoms with E-state index >= 15 is 0 Å². The smallest absolute Gasteiger partial charge is 0.410 e. The van der Waals surface area contributed by atoms with Gasteiger partial charge >= 0.3 is 12.1 Å². The summed E-state index contributed by atoms with van der Waals surface area (Å²) in [7, 11) is 0. The number of carbonyl (C=O) groups excluding carboxylic acids is 2. The second-order valence-corrected chi connectivity index (χ2v) is 10.1. The first-order chi connectivity index (χ1) is 17.7. The maximum Gasteiger partial charge on any atom is 0.410 e. The van der Waals surface area contributed by atoms with E-state index in [9.17, 15) is 9.59 Å². The molecule has 0 unspecified atom stereocenters. The predicted molar refractivity (Wildman–Crippen MR) is 141 cm³/mol. The molecule has 1 atom stereocenters. The van der Waals surface area contributed by atoms with Crippen LogP contribution in [0.25, 0.3) is 16.9 Å². The van der Waals surface area contributed by atoms with Crippen LogP contribution in [-0.4, -0.2) is 74.7 Å². The lowest BCUT2D eigenvalue weighted by molar-refractivity contribution is 0.0243. The monoisotopic (exact) mass is 508 g/mol. The normalized spacial score (nSPS) is 17.6. The lowest BCUT2D eigenvalue weighted by atomic mass is 10.0. The minimum Gasteiger partial charge on any atom is -0.475 e. The number of ether oxygens (including phenoxy) is 2. The average molecular weight is 509 g/mol. The number of benzene rings is 1. The standard InChI is InChI=1S/C27H36N6O4/c1-6-33-19(2)20-9-7-10-21(17-20)22-18-32-15-11-28-23(32)24(30-22)36-16-8-13-31(14-12-29-25(33)34)26(35)37-27(3,4)5/h7,9-11,15,17-19H,6,8,12-14,16H2,1-5H3,(H,29,34)/t19-/m1/s1. The van der Waals surface area contributed by atoms with Crippen molar-refractivity contribution in [3.63, 3.8) is 0 Å². The molecular formula is C27H36N6O4. The molecule has 2 aromatic heterocycles. The lowest BCUT2D eigenvalue weighted by Crippen LogP contribution is -2.46. The Labute approximate surface area is 217 Å². The minimum atomic E-state index is -0.622. The number of hydrogen-bond donors (Lipinski definition) is 1. The Balaban J connectivity index is 1.68. The zero-order valence-corrected chi connectivity index (χ0v) is 22.2. The zero-order chi connectivity index (χ0) is 26.6. The maximum absolute atomic E-state index is 13.1. The Hall–Kier alpha value is -3.82. The number of aromatic nitrogens is 3. The maximum atomic E-state index is 13.1. The molecule has 1 aliphatic heterocycles. The molecular weight excluding hydrogens is 472 g/mol. The molecule has 1 aromatic carbocycles. The van der Waals surface area contributed by atoms with Gasteiger partial charge in [0, 0.05) is 50.3 Å². The molecule has 10 nitrogen and oxygen atoms in total. The number of urea groups is 1. The number of amides is 3. The van der Waals surface area contributed by atoms with E-state index in [1.807, 2.05) is 69.6 Å². The molecule has 4 rings (SSSR count). The van der Waals surface area contributed by atoms with Crippen molar-refractivity contribution < 1.29 is 19.1 Å². The number of hydrogen-bond acceptors (Lipinski definition) is 6. The van der Waals surface area contributed by atoms with Gasteiger partial charge < -0.3 is 29.0 Å². The molecule has 198 valence electrons. The molecule has 0 radical (unpaired) electrons. The molecule has 1 N–H and O–H groups in total. The molecule has 37 heavy (non-hydrogen) atoms. The van der Waals surface area contributed by atoms with Crippen molar-refractivity contribution >= 4 is 17.8 Å². The first kappa shape index (κ1) is 26.2. The van der Waals surface area contributed by atoms with Crippen LogP contribution in [0.3, 0.4) is 0 Å². The highest BCUT2D eigenvalue weighted by molar-refractivity contribution is 5.75. The zero-order valence-electron chi connectivity index (χ0n) is 22.2. The second kappa shape index (κ2) is 11.1. The van der Waals surface area contributed by atoms with Crippen LogP contribution in [0, 0.1) is 0 Å². The first-order valence-electron chi connectivity index (χ1n) is 12.8. The Morgan fingerprint density at radius 2 is 2.08 bits per heavy atom. The number of rotatable bonds is 1. The van der Waals surface area contributed by atoms with Crippen LogP contribution < -0.4 is 10.1 Å². The summed E-state index contributed by atoms with van der Waals surface area (Å²) >= 11 is 0. The van der Waals surface area contributed by atoms with E-state index in [4.69, 9.17) is 14.5 Å². The van der Waals surface area contributed by atoms with Crippen molar-refractivity contribution in [3.8, 4) is 17.1 Å². The van der Waals surface area contributed by atoms with Gasteiger partial charge in [0.2, 0.25) is 5.65 Å². The molecule has 0 saturated heterocycles. The van der Waals surface area contributed by atoms with Gasteiger partial charge in [-0.05, 0) is 52.7 Å². The van der Waals surface area contributed by atoms with Gasteiger partial charge in [-0.1, -0.05) is 18.2 Å². The molecule has 1 aliphatic rings. The van der Waals surface area contributed by atoms with Gasteiger partial charge in [-0.25, -0.2) is 19.6 Å². The van der Waals surface area contributed by atoms with Crippen LogP contribution in [-0.2, 0) is 4.74 Å². The number of fused-ring (bicyclic) bond motifs is 7. The van der Waals surface area contributed by atoms with Crippen LogP contribution in [0.2, 0.25) is 0 Å². The van der Waals surface area contributed by atoms with Gasteiger partial charge in [-0.3, -0.25) is 0 Å². The van der Waals surface area contributed by atoms with Crippen molar-refractivity contribution in [2.45, 2.75) is 52.7 Å². The SMILES string of the molecule is CCN1C(=O)NCCN(C(=O)OC(C)(C)C)CCCOc2nc(cn3ccnc23)-c2cccc(c2)[C@H]1C. The Kier molecular flexibility index (Phi) is 7.85. The van der Waals surface area contributed by atoms with E-state index in [-0.39, 0.29) is 12.1 Å². The molecule has 0 spiro atoms. The summed E-state index contributed by atoms with van der Waals surface area (Å²) in [6, 6.07) is 7.68. The van der Waals surface area contributed by atoms with E-state index in [0.717, 1.165) is 16.8 Å². The fourth-order valence-corrected chi connectivity index (χ4v) is 4.31. The largest absolute Gasteiger partial charge is 0.475 e. The van der Waals surface area contributed by atoms with Gasteiger partial charge in [-0.15, -0.1) is 0 Å². The molecule has 0 fully saturated rings. The van der Waals surface area contributed by atoms with Crippen molar-refractivity contribution in [1.29, 1.82) is 0 Å². The van der Waals surface area contributed by atoms with Gasteiger partial charge in [-0.2, -0.15) is 0 Å². The molecule has 4 bridgehead atoms. The lowest BCUT2D eigenvalue weighted by Gasteiger charge is -2.30. The summed E-state index contributed by atoms with van der Waals surface area (Å²) in [6.07, 6.45) is 5.61. The summed E-state index contributed by atoms with van der Waals surface area (Å²) in [5.41, 5.74) is 2.65. The van der Waals surface area contributed by atoms with E-state index in [1.54, 1.807) is 16.0 Å². The molecule has 0 saturated carbocycles. The highest BCUT2D eigenvalue weighted by atomic mass is 16.6. The molecule has 3 heterocycles. The van der Waals surface area contributed by atoms with Crippen LogP contribution in [0.1, 0.15) is 52.6 Å². The van der Waals surface area contributed by atoms with Gasteiger partial charge in [0.1, 0.15) is 5.60 Å². The highest BCUT2D eigenvalue weighted by Crippen LogP contribution is 2.28. The Bertz CT molecular complexity index is 1250. The first-order valence-corrected chi connectivity index (χ1v) is 12.8. The van der Waals surface area contributed by atoms with Crippen LogP contribution in [0.15, 0.2) is 42.9 Å². The molecule has 10 heteroatoms. The van der Waals surface area contributed by atoms with Crippen LogP contribution >= 0.6 is 0 Å². The van der Waals surface area contributed by atoms with Gasteiger partial charge in [0.25, 0.3) is 5.88 Å². The quantitative estimate of drug-likeness (QED) is 0.519. The Morgan fingerprint density at radius 3 is 2.84 bits per heavy atom. The molecule has 0 aliphatic carbocycles. The van der Waals surface area contributed by atoms with E-state index in [1.165, 1.54) is 0 Å². The van der Waals surface area contributed by atoms with E-state index in [0.29, 0.717) is 50.7 Å². The number of carbonyl (C=O) groups is 2. The summed E-state index contributed by atoms with van der Waals surface area (Å²) < 4.78 is 13.5. The number of nitrogens with one attached hydrogen (secondary N) is 1. The Morgan fingerprint density at radius 1 is 1.27 bits per heavy atom. The van der Waals surface area contributed by atoms with Crippen LogP contribution in [0.5, 0.6) is 5.88 Å². The van der Waals surface area contributed by atoms with Crippen molar-refractivity contribution in [3.05, 3.63) is 48.4 Å². The van der Waals surface area contributed by atoms with Gasteiger partial charge in [0.05, 0.1) is 18.3 Å². The van der Waals surface area contributed by atoms with Crippen molar-refractivity contribution in [2.75, 3.05) is 32.8 Å². The molecule has 3 aromatic rings. The number of imidazole rings is 1. The fourth-order valence-electron chi connectivity index (χ4n) is 4.31. The summed E-state index contributed by atoms with van der Waals surface area (Å²) in [4.78, 5) is 38.5. The van der Waals surface area contributed by atoms with Gasteiger partial charge in [0.15, 0.2) is 0 Å². The third-order valence-corrected chi connectivity index (χ3v) is 6.20. The summed E-state index contributed by atoms with van der Waals surface area (Å²) in [5, 5.41) is 2.97. The summed E-state index contributed by atoms with van der Waals surface area (Å²) in [5.74, 6) is 0.432. The summed E-state index contributed by atoms with van der Waals surface area (Å²) in [6.45, 7) is 11.4. The van der Waals surface area contributed by atoms with Crippen LogP contribution in [0.4, 0.5) is 9.59 Å². The number of nitrogens with zero attached hydrogens (tertiary/aromatic N) is 5.